The van der Waals surface area contributed by atoms with Gasteiger partial charge in [-0.25, -0.2) is 0 Å². The third-order valence-electron chi connectivity index (χ3n) is 5.08. The molecule has 1 aliphatic carbocycles. The number of nitrogens with one attached hydrogen (secondary N) is 1. The van der Waals surface area contributed by atoms with Crippen LogP contribution in [0.4, 0.5) is 0 Å². The molecule has 106 valence electrons. The molecule has 0 spiro atoms. The molecule has 0 aliphatic heterocycles. The minimum Gasteiger partial charge on any atom is -0.320 e. The Balaban J connectivity index is 1.96. The van der Waals surface area contributed by atoms with Crippen molar-refractivity contribution < 1.29 is 0 Å². The maximum absolute atomic E-state index is 3.33. The smallest absolute Gasteiger partial charge is 0.00466 e. The van der Waals surface area contributed by atoms with Gasteiger partial charge in [0.1, 0.15) is 0 Å². The Morgan fingerprint density at radius 3 is 2.42 bits per heavy atom. The van der Waals surface area contributed by atoms with Crippen molar-refractivity contribution in [1.82, 2.24) is 5.32 Å². The normalized spacial score (nSPS) is 17.8. The van der Waals surface area contributed by atoms with Crippen LogP contribution in [0.5, 0.6) is 0 Å². The van der Waals surface area contributed by atoms with Crippen molar-refractivity contribution in [3.63, 3.8) is 0 Å². The van der Waals surface area contributed by atoms with Crippen LogP contribution in [0, 0.1) is 19.3 Å². The van der Waals surface area contributed by atoms with Crippen molar-refractivity contribution in [2.45, 2.75) is 58.8 Å². The molecule has 1 aliphatic rings. The molecule has 0 atom stereocenters. The fraction of sp³-hybridized carbons (Fsp3) is 0.667. The zero-order valence-electron chi connectivity index (χ0n) is 12.9. The highest BCUT2D eigenvalue weighted by molar-refractivity contribution is 5.30. The molecule has 0 aromatic heterocycles. The van der Waals surface area contributed by atoms with Gasteiger partial charge in [0.05, 0.1) is 0 Å². The van der Waals surface area contributed by atoms with Crippen LogP contribution < -0.4 is 5.32 Å². The Kier molecular flexibility index (Phi) is 5.04. The molecule has 0 heterocycles. The number of benzene rings is 1. The molecule has 1 heteroatoms. The Labute approximate surface area is 118 Å². The standard InChI is InChI=1S/C18H29N/c1-15-6-7-17(14-16(15)2)8-11-18(12-13-19-3)9-4-5-10-18/h6-7,14,19H,4-5,8-13H2,1-3H3. The number of hydrogen-bond acceptors (Lipinski definition) is 1. The van der Waals surface area contributed by atoms with E-state index in [0.717, 1.165) is 0 Å². The summed E-state index contributed by atoms with van der Waals surface area (Å²) in [5.74, 6) is 0. The lowest BCUT2D eigenvalue weighted by Gasteiger charge is -2.29. The lowest BCUT2D eigenvalue weighted by atomic mass is 9.77. The largest absolute Gasteiger partial charge is 0.320 e. The quantitative estimate of drug-likeness (QED) is 0.798. The molecule has 1 aromatic rings. The summed E-state index contributed by atoms with van der Waals surface area (Å²) in [4.78, 5) is 0. The summed E-state index contributed by atoms with van der Waals surface area (Å²) < 4.78 is 0. The molecule has 19 heavy (non-hydrogen) atoms. The predicted octanol–water partition coefficient (Wildman–Crippen LogP) is 4.41. The zero-order valence-corrected chi connectivity index (χ0v) is 12.9. The highest BCUT2D eigenvalue weighted by Crippen LogP contribution is 2.44. The highest BCUT2D eigenvalue weighted by Gasteiger charge is 2.32. The number of rotatable bonds is 6. The Morgan fingerprint density at radius 2 is 1.79 bits per heavy atom. The maximum atomic E-state index is 3.33. The van der Waals surface area contributed by atoms with Crippen LogP contribution in [0.25, 0.3) is 0 Å². The molecule has 1 saturated carbocycles. The number of aryl methyl sites for hydroxylation is 3. The van der Waals surface area contributed by atoms with Crippen molar-refractivity contribution in [3.05, 3.63) is 34.9 Å². The molecule has 1 aromatic carbocycles. The fourth-order valence-corrected chi connectivity index (χ4v) is 3.51. The molecule has 1 fully saturated rings. The van der Waals surface area contributed by atoms with Crippen LogP contribution in [0.2, 0.25) is 0 Å². The lowest BCUT2D eigenvalue weighted by Crippen LogP contribution is -2.23. The van der Waals surface area contributed by atoms with Crippen LogP contribution >= 0.6 is 0 Å². The van der Waals surface area contributed by atoms with Crippen molar-refractivity contribution in [2.75, 3.05) is 13.6 Å². The van der Waals surface area contributed by atoms with E-state index in [2.05, 4.69) is 44.4 Å². The van der Waals surface area contributed by atoms with E-state index in [1.165, 1.54) is 68.2 Å². The summed E-state index contributed by atoms with van der Waals surface area (Å²) in [7, 11) is 2.08. The summed E-state index contributed by atoms with van der Waals surface area (Å²) >= 11 is 0. The van der Waals surface area contributed by atoms with Gasteiger partial charge in [0.2, 0.25) is 0 Å². The first-order valence-corrected chi connectivity index (χ1v) is 7.86. The second-order valence-corrected chi connectivity index (χ2v) is 6.48. The van der Waals surface area contributed by atoms with Gasteiger partial charge in [0, 0.05) is 0 Å². The van der Waals surface area contributed by atoms with E-state index >= 15 is 0 Å². The van der Waals surface area contributed by atoms with Gasteiger partial charge in [-0.1, -0.05) is 31.0 Å². The second-order valence-electron chi connectivity index (χ2n) is 6.48. The molecule has 2 rings (SSSR count). The van der Waals surface area contributed by atoms with Gasteiger partial charge in [-0.05, 0) is 81.6 Å². The Hall–Kier alpha value is -0.820. The molecule has 0 amide bonds. The van der Waals surface area contributed by atoms with Gasteiger partial charge in [-0.3, -0.25) is 0 Å². The summed E-state index contributed by atoms with van der Waals surface area (Å²) in [5.41, 5.74) is 5.00. The molecule has 1 nitrogen and oxygen atoms in total. The van der Waals surface area contributed by atoms with E-state index in [9.17, 15) is 0 Å². The first kappa shape index (κ1) is 14.6. The number of hydrogen-bond donors (Lipinski definition) is 1. The van der Waals surface area contributed by atoms with Gasteiger partial charge in [0.15, 0.2) is 0 Å². The average molecular weight is 259 g/mol. The lowest BCUT2D eigenvalue weighted by molar-refractivity contribution is 0.247. The monoisotopic (exact) mass is 259 g/mol. The van der Waals surface area contributed by atoms with E-state index < -0.39 is 0 Å². The van der Waals surface area contributed by atoms with Gasteiger partial charge in [0.25, 0.3) is 0 Å². The Morgan fingerprint density at radius 1 is 1.05 bits per heavy atom. The first-order chi connectivity index (χ1) is 9.15. The van der Waals surface area contributed by atoms with E-state index in [1.807, 2.05) is 0 Å². The summed E-state index contributed by atoms with van der Waals surface area (Å²) in [6, 6.07) is 6.98. The Bertz CT molecular complexity index is 402. The molecular formula is C18H29N. The van der Waals surface area contributed by atoms with Gasteiger partial charge in [-0.2, -0.15) is 0 Å². The van der Waals surface area contributed by atoms with E-state index in [0.29, 0.717) is 5.41 Å². The minimum absolute atomic E-state index is 0.627. The van der Waals surface area contributed by atoms with Crippen LogP contribution in [0.15, 0.2) is 18.2 Å². The molecule has 0 radical (unpaired) electrons. The highest BCUT2D eigenvalue weighted by atomic mass is 14.8. The average Bonchev–Trinajstić information content (AvgIpc) is 2.87. The van der Waals surface area contributed by atoms with Crippen LogP contribution in [0.1, 0.15) is 55.2 Å². The van der Waals surface area contributed by atoms with Crippen molar-refractivity contribution in [2.24, 2.45) is 5.41 Å². The molecule has 0 saturated heterocycles. The van der Waals surface area contributed by atoms with Gasteiger partial charge >= 0.3 is 0 Å². The third-order valence-corrected chi connectivity index (χ3v) is 5.08. The predicted molar refractivity (Wildman–Crippen MR) is 83.7 cm³/mol. The fourth-order valence-electron chi connectivity index (χ4n) is 3.51. The maximum Gasteiger partial charge on any atom is -0.00466 e. The second kappa shape index (κ2) is 6.56. The third kappa shape index (κ3) is 3.82. The molecular weight excluding hydrogens is 230 g/mol. The van der Waals surface area contributed by atoms with Crippen molar-refractivity contribution >= 4 is 0 Å². The molecule has 1 N–H and O–H groups in total. The summed E-state index contributed by atoms with van der Waals surface area (Å²) in [6.07, 6.45) is 9.75. The molecule has 0 unspecified atom stereocenters. The van der Waals surface area contributed by atoms with Gasteiger partial charge in [-0.15, -0.1) is 0 Å². The van der Waals surface area contributed by atoms with Crippen LogP contribution in [-0.2, 0) is 6.42 Å². The topological polar surface area (TPSA) is 12.0 Å². The SMILES string of the molecule is CNCCC1(CCc2ccc(C)c(C)c2)CCCC1. The van der Waals surface area contributed by atoms with Crippen molar-refractivity contribution in [1.29, 1.82) is 0 Å². The summed E-state index contributed by atoms with van der Waals surface area (Å²) in [5, 5.41) is 3.33. The van der Waals surface area contributed by atoms with Crippen LogP contribution in [0.3, 0.4) is 0 Å². The minimum atomic E-state index is 0.627. The molecule has 0 bridgehead atoms. The van der Waals surface area contributed by atoms with E-state index in [1.54, 1.807) is 0 Å². The van der Waals surface area contributed by atoms with E-state index in [4.69, 9.17) is 0 Å². The summed E-state index contributed by atoms with van der Waals surface area (Å²) in [6.45, 7) is 5.60. The van der Waals surface area contributed by atoms with E-state index in [-0.39, 0.29) is 0 Å². The van der Waals surface area contributed by atoms with Crippen molar-refractivity contribution in [3.8, 4) is 0 Å². The van der Waals surface area contributed by atoms with Gasteiger partial charge < -0.3 is 5.32 Å². The first-order valence-electron chi connectivity index (χ1n) is 7.86. The van der Waals surface area contributed by atoms with Crippen LogP contribution in [-0.4, -0.2) is 13.6 Å². The zero-order chi connectivity index (χ0) is 13.7.